The van der Waals surface area contributed by atoms with Gasteiger partial charge in [0.2, 0.25) is 30.1 Å². The topological polar surface area (TPSA) is 492 Å². The molecule has 2 aromatic heterocycles. The molecule has 1 saturated heterocycles. The number of nitrogen functional groups attached to an aromatic ring is 1. The van der Waals surface area contributed by atoms with Gasteiger partial charge in [0.05, 0.1) is 181 Å². The maximum Gasteiger partial charge on any atom is 0.407 e. The molecule has 732 valence electrons. The zero-order valence-electron chi connectivity index (χ0n) is 76.7. The number of hydrogen-bond donors (Lipinski definition) is 7. The molecule has 9 rings (SSSR count). The van der Waals surface area contributed by atoms with Crippen molar-refractivity contribution in [3.63, 3.8) is 0 Å². The van der Waals surface area contributed by atoms with Crippen molar-refractivity contribution in [2.75, 3.05) is 197 Å². The number of pyridine rings is 1. The van der Waals surface area contributed by atoms with Crippen LogP contribution in [0.3, 0.4) is 0 Å². The molecular formula is C94H125N9O31. The fourth-order valence-electron chi connectivity index (χ4n) is 14.4. The number of unbranched alkanes of at least 4 members (excludes halogenated alkanes) is 2. The van der Waals surface area contributed by atoms with Crippen LogP contribution in [0.5, 0.6) is 5.75 Å². The first kappa shape index (κ1) is 106. The van der Waals surface area contributed by atoms with Gasteiger partial charge in [-0.3, -0.25) is 28.8 Å². The number of ether oxygens (including phenoxy) is 20. The zero-order valence-corrected chi connectivity index (χ0v) is 76.7. The van der Waals surface area contributed by atoms with E-state index in [1.54, 1.807) is 13.2 Å². The molecule has 0 unspecified atom stereocenters. The Morgan fingerprint density at radius 2 is 1.05 bits per heavy atom. The second kappa shape index (κ2) is 59.2. The highest BCUT2D eigenvalue weighted by molar-refractivity contribution is 6.08. The third-order valence-electron chi connectivity index (χ3n) is 20.8. The zero-order chi connectivity index (χ0) is 95.6. The van der Waals surface area contributed by atoms with Gasteiger partial charge in [-0.05, 0) is 95.0 Å². The summed E-state index contributed by atoms with van der Waals surface area (Å²) in [4.78, 5) is 142. The fraction of sp³-hybridized carbons (Fsp3) is 0.532. The molecular weight excluding hydrogens is 1750 g/mol. The molecule has 40 nitrogen and oxygen atoms in total. The molecule has 1 fully saturated rings. The number of imidazole rings is 1. The van der Waals surface area contributed by atoms with Gasteiger partial charge in [-0.1, -0.05) is 92.2 Å². The Bertz CT molecular complexity index is 4820. The minimum atomic E-state index is -1.88. The van der Waals surface area contributed by atoms with Crippen molar-refractivity contribution in [1.82, 2.24) is 35.8 Å². The van der Waals surface area contributed by atoms with Crippen LogP contribution in [0.1, 0.15) is 123 Å². The van der Waals surface area contributed by atoms with Crippen molar-refractivity contribution in [3.05, 3.63) is 148 Å². The van der Waals surface area contributed by atoms with Crippen molar-refractivity contribution in [1.29, 1.82) is 0 Å². The number of methoxy groups -OCH3 is 2. The van der Waals surface area contributed by atoms with Gasteiger partial charge in [0.1, 0.15) is 36.3 Å². The molecule has 0 saturated carbocycles. The first-order valence-electron chi connectivity index (χ1n) is 44.8. The average Bonchev–Trinajstić information content (AvgIpc) is 1.62. The van der Waals surface area contributed by atoms with E-state index >= 15 is 0 Å². The summed E-state index contributed by atoms with van der Waals surface area (Å²) in [5.74, 6) is -6.29. The van der Waals surface area contributed by atoms with Crippen LogP contribution in [-0.4, -0.2) is 302 Å². The van der Waals surface area contributed by atoms with E-state index in [1.165, 1.54) is 30.3 Å². The van der Waals surface area contributed by atoms with Crippen LogP contribution in [0.2, 0.25) is 0 Å². The summed E-state index contributed by atoms with van der Waals surface area (Å²) in [6, 6.07) is 30.8. The molecule has 5 aromatic carbocycles. The highest BCUT2D eigenvalue weighted by atomic mass is 16.7. The van der Waals surface area contributed by atoms with E-state index in [9.17, 15) is 53.1 Å². The number of nitrogens with two attached hydrogens (primary N) is 1. The number of carboxylic acid groups (broad SMARTS) is 1. The Balaban J connectivity index is 0.728. The van der Waals surface area contributed by atoms with E-state index in [1.807, 2.05) is 72.8 Å². The van der Waals surface area contributed by atoms with Crippen molar-refractivity contribution in [2.24, 2.45) is 0 Å². The number of aryl methyl sites for hydroxylation is 1. The molecule has 8 N–H and O–H groups in total. The summed E-state index contributed by atoms with van der Waals surface area (Å²) in [5, 5.41) is 24.2. The fourth-order valence-corrected chi connectivity index (χ4v) is 14.4. The summed E-state index contributed by atoms with van der Waals surface area (Å²) in [6.07, 6.45) is -7.85. The number of nitrogens with zero attached hydrogens (tertiary/aromatic N) is 3. The van der Waals surface area contributed by atoms with Crippen LogP contribution >= 0.6 is 0 Å². The van der Waals surface area contributed by atoms with E-state index in [-0.39, 0.29) is 99.1 Å². The molecule has 40 heteroatoms. The lowest BCUT2D eigenvalue weighted by Crippen LogP contribution is -2.64. The lowest BCUT2D eigenvalue weighted by atomic mass is 9.97. The second-order valence-corrected chi connectivity index (χ2v) is 30.8. The van der Waals surface area contributed by atoms with Crippen LogP contribution in [0.4, 0.5) is 21.1 Å². The minimum Gasteiger partial charge on any atom is -0.478 e. The first-order chi connectivity index (χ1) is 65.1. The predicted molar refractivity (Wildman–Crippen MR) is 483 cm³/mol. The Hall–Kier alpha value is -11.6. The number of aromatic nitrogens is 3. The number of anilines is 2. The van der Waals surface area contributed by atoms with Gasteiger partial charge in [-0.2, -0.15) is 0 Å². The predicted octanol–water partition coefficient (Wildman–Crippen LogP) is 7.61. The number of carbonyl (C=O) groups is 10. The van der Waals surface area contributed by atoms with Gasteiger partial charge in [-0.25, -0.2) is 29.1 Å². The number of aromatic carboxylic acids is 1. The normalized spacial score (nSPS) is 15.3. The number of esters is 4. The summed E-state index contributed by atoms with van der Waals surface area (Å²) >= 11 is 0. The van der Waals surface area contributed by atoms with Crippen molar-refractivity contribution in [2.45, 2.75) is 141 Å². The number of carbonyl (C=O) groups excluding carboxylic acids is 9. The summed E-state index contributed by atoms with van der Waals surface area (Å²) in [6.45, 7) is 14.6. The molecule has 2 aliphatic rings. The lowest BCUT2D eigenvalue weighted by Gasteiger charge is -2.43. The smallest absolute Gasteiger partial charge is 0.407 e. The molecule has 1 aliphatic heterocycles. The monoisotopic (exact) mass is 1880 g/mol. The second-order valence-electron chi connectivity index (χ2n) is 30.8. The number of amides is 5. The summed E-state index contributed by atoms with van der Waals surface area (Å²) in [7, 11) is 2.65. The van der Waals surface area contributed by atoms with Gasteiger partial charge in [0.25, 0.3) is 0 Å². The SMILES string of the molecule is CCCCc1nc2c(N)nc3cc(C(=O)O)ccc3c2n1Cc1ccc(CNC(=O)OCc2ccc(O[C@@H]3O[C@H](C(=O)OC)[C@@H](OC(C)=O)[C@H](OC(C)=O)[C@H]3OC(C)=O)c(NC(=O)CCNC(=O)[C@H](CCCCNC(=O)CCOCCOCCOCCOCCOCCOCCOCCOCCOCCOCCOCCOC)NC(=O)OCC3c4ccccc4-c4ccccc43)c2)cc1. The molecule has 1 aliphatic carbocycles. The number of alkyl carbamates (subject to hydrolysis) is 2. The number of hydrogen-bond acceptors (Lipinski definition) is 33. The maximum absolute atomic E-state index is 14.3. The minimum absolute atomic E-state index is 0.0315. The van der Waals surface area contributed by atoms with Gasteiger partial charge >= 0.3 is 42.0 Å². The van der Waals surface area contributed by atoms with E-state index in [4.69, 9.17) is 105 Å². The number of fused-ring (bicyclic) bond motifs is 6. The standard InChI is InChI=1S/C94H125N9O31/c1-7-8-20-79-102-82-83(73-27-26-68(90(110)111)57-76(73)100-88(82)95)103(79)59-66-23-21-65(22-24-66)58-98-93(113)128-60-67-25-28-78(133-92-87(132-64(4)106)85(131-63(3)105)84(130-62(2)104)86(134-92)91(112)116-6)77(56-67)99-81(108)29-32-97-89(109)75(101-94(114)129-61-74-71-17-11-9-15-69(71)70-16-10-12-18-72(70)74)19-13-14-31-96-80(107)30-33-117-36-37-119-40-41-121-44-45-123-48-49-125-52-53-127-55-54-126-51-50-124-47-46-122-43-42-120-39-38-118-35-34-115-5/h9-12,15-18,21-28,56-57,74-75,84-87,92H,7-8,13-14,19-20,29-55,58-61H2,1-6H3,(H2,95,100)(H,96,107)(H,97,109)(H,98,113)(H,99,108)(H,101,114)(H,110,111)/t75-,84-,85-,86-,87+,92+/m0/s1. The van der Waals surface area contributed by atoms with Crippen LogP contribution in [0, 0.1) is 0 Å². The Morgan fingerprint density at radius 1 is 0.522 bits per heavy atom. The summed E-state index contributed by atoms with van der Waals surface area (Å²) < 4.78 is 113. The van der Waals surface area contributed by atoms with Crippen molar-refractivity contribution in [3.8, 4) is 16.9 Å². The van der Waals surface area contributed by atoms with Crippen molar-refractivity contribution >= 4 is 93.2 Å². The average molecular weight is 1880 g/mol. The number of rotatable bonds is 65. The highest BCUT2D eigenvalue weighted by Gasteiger charge is 2.56. The van der Waals surface area contributed by atoms with Gasteiger partial charge in [-0.15, -0.1) is 0 Å². The summed E-state index contributed by atoms with van der Waals surface area (Å²) in [5.41, 5.74) is 13.9. The van der Waals surface area contributed by atoms with E-state index in [0.717, 1.165) is 79.9 Å². The van der Waals surface area contributed by atoms with Gasteiger partial charge in [0.15, 0.2) is 24.1 Å². The van der Waals surface area contributed by atoms with E-state index < -0.39 is 104 Å². The van der Waals surface area contributed by atoms with Crippen LogP contribution in [-0.2, 0) is 150 Å². The molecule has 0 bridgehead atoms. The largest absolute Gasteiger partial charge is 0.478 e. The lowest BCUT2D eigenvalue weighted by molar-refractivity contribution is -0.282. The quantitative estimate of drug-likeness (QED) is 0.0109. The van der Waals surface area contributed by atoms with Gasteiger partial charge in [0, 0.05) is 84.6 Å². The van der Waals surface area contributed by atoms with Gasteiger partial charge < -0.3 is 137 Å². The molecule has 134 heavy (non-hydrogen) atoms. The third kappa shape index (κ3) is 36.0. The highest BCUT2D eigenvalue weighted by Crippen LogP contribution is 2.45. The number of nitrogens with one attached hydrogen (secondary N) is 5. The van der Waals surface area contributed by atoms with E-state index in [0.29, 0.717) is 180 Å². The molecule has 3 heterocycles. The number of benzene rings is 5. The van der Waals surface area contributed by atoms with Crippen LogP contribution in [0.15, 0.2) is 109 Å². The van der Waals surface area contributed by atoms with Crippen LogP contribution < -0.4 is 37.1 Å². The molecule has 7 aromatic rings. The van der Waals surface area contributed by atoms with Crippen molar-refractivity contribution < 1.29 is 148 Å². The molecule has 0 radical (unpaired) electrons. The first-order valence-corrected chi connectivity index (χ1v) is 44.8. The Kier molecular flexibility index (Phi) is 46.8. The third-order valence-corrected chi connectivity index (χ3v) is 20.8. The Labute approximate surface area is 777 Å². The number of carboxylic acids is 1. The van der Waals surface area contributed by atoms with E-state index in [2.05, 4.69) is 43.1 Å². The molecule has 6 atom stereocenters. The van der Waals surface area contributed by atoms with Crippen LogP contribution in [0.25, 0.3) is 33.1 Å². The molecule has 0 spiro atoms. The maximum atomic E-state index is 14.3. The molecule has 5 amide bonds. The Morgan fingerprint density at radius 3 is 1.60 bits per heavy atom.